The summed E-state index contributed by atoms with van der Waals surface area (Å²) in [5.74, 6) is -0.641. The van der Waals surface area contributed by atoms with E-state index in [1.807, 2.05) is 6.92 Å². The Kier molecular flexibility index (Phi) is 3.04. The van der Waals surface area contributed by atoms with Crippen LogP contribution in [0.4, 0.5) is 5.69 Å². The minimum Gasteiger partial charge on any atom is -0.366 e. The van der Waals surface area contributed by atoms with Gasteiger partial charge in [-0.2, -0.15) is 0 Å². The molecule has 2 N–H and O–H groups in total. The summed E-state index contributed by atoms with van der Waals surface area (Å²) < 4.78 is 0. The molecule has 0 aliphatic rings. The van der Waals surface area contributed by atoms with Gasteiger partial charge in [0.2, 0.25) is 5.91 Å². The highest BCUT2D eigenvalue weighted by Gasteiger charge is 2.17. The number of hydrogen-bond donors (Lipinski definition) is 1. The summed E-state index contributed by atoms with van der Waals surface area (Å²) >= 11 is 0. The van der Waals surface area contributed by atoms with E-state index in [0.29, 0.717) is 17.5 Å². The predicted octanol–water partition coefficient (Wildman–Crippen LogP) is 1.56. The predicted molar refractivity (Wildman–Crippen MR) is 55.7 cm³/mol. The van der Waals surface area contributed by atoms with Crippen LogP contribution in [0.3, 0.4) is 0 Å². The summed E-state index contributed by atoms with van der Waals surface area (Å²) in [6, 6.07) is 2.88. The Hall–Kier alpha value is -1.91. The van der Waals surface area contributed by atoms with E-state index in [2.05, 4.69) is 0 Å². The fourth-order valence-corrected chi connectivity index (χ4v) is 1.47. The third-order valence-electron chi connectivity index (χ3n) is 2.27. The Morgan fingerprint density at radius 2 is 2.13 bits per heavy atom. The molecule has 1 amide bonds. The van der Waals surface area contributed by atoms with Crippen LogP contribution in [0.15, 0.2) is 12.1 Å². The number of aryl methyl sites for hydroxylation is 2. The van der Waals surface area contributed by atoms with Crippen LogP contribution in [0.1, 0.15) is 28.4 Å². The molecule has 0 aliphatic carbocycles. The third kappa shape index (κ3) is 2.12. The van der Waals surface area contributed by atoms with E-state index in [0.717, 1.165) is 0 Å². The van der Waals surface area contributed by atoms with Gasteiger partial charge in [-0.3, -0.25) is 14.9 Å². The van der Waals surface area contributed by atoms with Gasteiger partial charge in [0.1, 0.15) is 0 Å². The fourth-order valence-electron chi connectivity index (χ4n) is 1.47. The molecule has 15 heavy (non-hydrogen) atoms. The second kappa shape index (κ2) is 4.08. The van der Waals surface area contributed by atoms with Gasteiger partial charge in [-0.1, -0.05) is 6.92 Å². The molecule has 0 aromatic heterocycles. The number of primary amides is 1. The van der Waals surface area contributed by atoms with Gasteiger partial charge in [0.25, 0.3) is 5.69 Å². The normalized spacial score (nSPS) is 10.0. The molecule has 0 radical (unpaired) electrons. The second-order valence-corrected chi connectivity index (χ2v) is 3.27. The maximum Gasteiger partial charge on any atom is 0.273 e. The van der Waals surface area contributed by atoms with Crippen LogP contribution in [-0.4, -0.2) is 10.8 Å². The lowest BCUT2D eigenvalue weighted by atomic mass is 10.0. The monoisotopic (exact) mass is 208 g/mol. The molecule has 0 unspecified atom stereocenters. The Balaban J connectivity index is 3.43. The van der Waals surface area contributed by atoms with Crippen molar-refractivity contribution in [2.75, 3.05) is 0 Å². The van der Waals surface area contributed by atoms with Crippen LogP contribution >= 0.6 is 0 Å². The summed E-state index contributed by atoms with van der Waals surface area (Å²) in [6.45, 7) is 3.54. The van der Waals surface area contributed by atoms with Gasteiger partial charge in [-0.25, -0.2) is 0 Å². The lowest BCUT2D eigenvalue weighted by Gasteiger charge is -2.05. The first kappa shape index (κ1) is 11.2. The average molecular weight is 208 g/mol. The summed E-state index contributed by atoms with van der Waals surface area (Å²) in [7, 11) is 0. The Labute approximate surface area is 87.0 Å². The van der Waals surface area contributed by atoms with E-state index in [1.54, 1.807) is 13.0 Å². The highest BCUT2D eigenvalue weighted by atomic mass is 16.6. The zero-order valence-electron chi connectivity index (χ0n) is 8.61. The van der Waals surface area contributed by atoms with Gasteiger partial charge in [0, 0.05) is 17.2 Å². The van der Waals surface area contributed by atoms with Crippen LogP contribution in [0.2, 0.25) is 0 Å². The van der Waals surface area contributed by atoms with E-state index < -0.39 is 10.8 Å². The largest absolute Gasteiger partial charge is 0.366 e. The van der Waals surface area contributed by atoms with Crippen LogP contribution in [-0.2, 0) is 6.42 Å². The van der Waals surface area contributed by atoms with Crippen molar-refractivity contribution in [1.29, 1.82) is 0 Å². The molecule has 0 saturated heterocycles. The zero-order chi connectivity index (χ0) is 11.6. The molecular weight excluding hydrogens is 196 g/mol. The highest BCUT2D eigenvalue weighted by Crippen LogP contribution is 2.23. The molecule has 0 fully saturated rings. The maximum absolute atomic E-state index is 11.0. The van der Waals surface area contributed by atoms with Gasteiger partial charge in [-0.15, -0.1) is 0 Å². The molecule has 0 heterocycles. The van der Waals surface area contributed by atoms with Gasteiger partial charge in [-0.05, 0) is 25.0 Å². The first-order valence-corrected chi connectivity index (χ1v) is 4.55. The number of amides is 1. The average Bonchev–Trinajstić information content (AvgIpc) is 2.16. The van der Waals surface area contributed by atoms with Gasteiger partial charge < -0.3 is 5.73 Å². The van der Waals surface area contributed by atoms with Crippen molar-refractivity contribution in [3.05, 3.63) is 38.9 Å². The van der Waals surface area contributed by atoms with Crippen molar-refractivity contribution in [2.24, 2.45) is 5.73 Å². The fraction of sp³-hybridized carbons (Fsp3) is 0.300. The number of nitro benzene ring substituents is 1. The van der Waals surface area contributed by atoms with Crippen molar-refractivity contribution >= 4 is 11.6 Å². The molecule has 5 heteroatoms. The summed E-state index contributed by atoms with van der Waals surface area (Å²) in [5, 5.41) is 10.7. The van der Waals surface area contributed by atoms with E-state index >= 15 is 0 Å². The molecule has 1 rings (SSSR count). The number of nitrogens with zero attached hydrogens (tertiary/aromatic N) is 1. The lowest BCUT2D eigenvalue weighted by Crippen LogP contribution is -2.13. The molecule has 1 aromatic carbocycles. The van der Waals surface area contributed by atoms with Crippen LogP contribution in [0.25, 0.3) is 0 Å². The highest BCUT2D eigenvalue weighted by molar-refractivity contribution is 5.95. The molecule has 0 aliphatic heterocycles. The Morgan fingerprint density at radius 1 is 1.53 bits per heavy atom. The molecule has 0 saturated carbocycles. The number of rotatable bonds is 3. The standard InChI is InChI=1S/C10H12N2O3/c1-3-7-4-6(2)8(10(11)13)5-9(7)12(14)15/h4-5H,3H2,1-2H3,(H2,11,13). The number of hydrogen-bond acceptors (Lipinski definition) is 3. The summed E-state index contributed by atoms with van der Waals surface area (Å²) in [6.07, 6.45) is 0.552. The van der Waals surface area contributed by atoms with Crippen molar-refractivity contribution in [1.82, 2.24) is 0 Å². The second-order valence-electron chi connectivity index (χ2n) is 3.27. The summed E-state index contributed by atoms with van der Waals surface area (Å²) in [5.41, 5.74) is 6.56. The molecule has 5 nitrogen and oxygen atoms in total. The SMILES string of the molecule is CCc1cc(C)c(C(N)=O)cc1[N+](=O)[O-]. The molecule has 80 valence electrons. The van der Waals surface area contributed by atoms with E-state index in [4.69, 9.17) is 5.73 Å². The number of benzene rings is 1. The molecule has 0 spiro atoms. The van der Waals surface area contributed by atoms with Crippen molar-refractivity contribution in [2.45, 2.75) is 20.3 Å². The first-order chi connectivity index (χ1) is 6.97. The molecule has 1 aromatic rings. The zero-order valence-corrected chi connectivity index (χ0v) is 8.61. The number of nitro groups is 1. The van der Waals surface area contributed by atoms with Crippen LogP contribution in [0.5, 0.6) is 0 Å². The van der Waals surface area contributed by atoms with Crippen LogP contribution in [0, 0.1) is 17.0 Å². The van der Waals surface area contributed by atoms with Crippen LogP contribution < -0.4 is 5.73 Å². The third-order valence-corrected chi connectivity index (χ3v) is 2.27. The Bertz CT molecular complexity index is 427. The first-order valence-electron chi connectivity index (χ1n) is 4.55. The molecular formula is C10H12N2O3. The molecule has 0 bridgehead atoms. The quantitative estimate of drug-likeness (QED) is 0.604. The smallest absolute Gasteiger partial charge is 0.273 e. The van der Waals surface area contributed by atoms with Gasteiger partial charge in [0.05, 0.1) is 4.92 Å². The minimum atomic E-state index is -0.641. The van der Waals surface area contributed by atoms with Crippen molar-refractivity contribution < 1.29 is 9.72 Å². The molecule has 0 atom stereocenters. The Morgan fingerprint density at radius 3 is 2.53 bits per heavy atom. The minimum absolute atomic E-state index is 0.0445. The van der Waals surface area contributed by atoms with Gasteiger partial charge in [0.15, 0.2) is 0 Å². The number of carbonyl (C=O) groups excluding carboxylic acids is 1. The van der Waals surface area contributed by atoms with Gasteiger partial charge >= 0.3 is 0 Å². The van der Waals surface area contributed by atoms with Crippen molar-refractivity contribution in [3.63, 3.8) is 0 Å². The number of nitrogens with two attached hydrogens (primary N) is 1. The maximum atomic E-state index is 11.0. The summed E-state index contributed by atoms with van der Waals surface area (Å²) in [4.78, 5) is 21.2. The van der Waals surface area contributed by atoms with E-state index in [1.165, 1.54) is 6.07 Å². The topological polar surface area (TPSA) is 86.2 Å². The van der Waals surface area contributed by atoms with E-state index in [-0.39, 0.29) is 11.3 Å². The number of carbonyl (C=O) groups is 1. The lowest BCUT2D eigenvalue weighted by molar-refractivity contribution is -0.385. The van der Waals surface area contributed by atoms with E-state index in [9.17, 15) is 14.9 Å². The van der Waals surface area contributed by atoms with Crippen molar-refractivity contribution in [3.8, 4) is 0 Å².